The van der Waals surface area contributed by atoms with Gasteiger partial charge in [-0.3, -0.25) is 4.79 Å². The van der Waals surface area contributed by atoms with Crippen LogP contribution in [-0.2, 0) is 27.2 Å². The largest absolute Gasteiger partial charge is 0.497 e. The highest BCUT2D eigenvalue weighted by molar-refractivity contribution is 7.89. The molecular formula is C25H22F6N2O4S. The molecule has 0 bridgehead atoms. The van der Waals surface area contributed by atoms with Crippen LogP contribution in [0.1, 0.15) is 29.2 Å². The molecule has 1 atom stereocenters. The Morgan fingerprint density at radius 1 is 0.895 bits per heavy atom. The van der Waals surface area contributed by atoms with Gasteiger partial charge in [-0.15, -0.1) is 0 Å². The smallest absolute Gasteiger partial charge is 0.416 e. The summed E-state index contributed by atoms with van der Waals surface area (Å²) >= 11 is 0. The van der Waals surface area contributed by atoms with Crippen LogP contribution >= 0.6 is 0 Å². The molecule has 0 aromatic heterocycles. The van der Waals surface area contributed by atoms with Gasteiger partial charge in [0.1, 0.15) is 5.75 Å². The number of nitrogens with zero attached hydrogens (tertiary/aromatic N) is 1. The maximum Gasteiger partial charge on any atom is 0.416 e. The molecule has 1 amide bonds. The first-order valence-corrected chi connectivity index (χ1v) is 12.3. The van der Waals surface area contributed by atoms with Crippen molar-refractivity contribution in [3.63, 3.8) is 0 Å². The fourth-order valence-electron chi connectivity index (χ4n) is 3.62. The van der Waals surface area contributed by atoms with Gasteiger partial charge >= 0.3 is 12.4 Å². The zero-order chi connectivity index (χ0) is 28.3. The third-order valence-corrected chi connectivity index (χ3v) is 7.49. The molecule has 0 unspecified atom stereocenters. The van der Waals surface area contributed by atoms with Gasteiger partial charge in [0.2, 0.25) is 15.9 Å². The van der Waals surface area contributed by atoms with E-state index < -0.39 is 57.6 Å². The van der Waals surface area contributed by atoms with Crippen LogP contribution in [0.4, 0.5) is 32.0 Å². The van der Waals surface area contributed by atoms with Crippen molar-refractivity contribution in [3.8, 4) is 5.75 Å². The quantitative estimate of drug-likeness (QED) is 0.337. The Morgan fingerprint density at radius 2 is 1.42 bits per heavy atom. The van der Waals surface area contributed by atoms with E-state index >= 15 is 0 Å². The molecular weight excluding hydrogens is 538 g/mol. The van der Waals surface area contributed by atoms with Crippen molar-refractivity contribution in [1.29, 1.82) is 0 Å². The second-order valence-corrected chi connectivity index (χ2v) is 10.2. The van der Waals surface area contributed by atoms with E-state index in [0.717, 1.165) is 4.31 Å². The zero-order valence-corrected chi connectivity index (χ0v) is 20.8. The maximum absolute atomic E-state index is 13.2. The summed E-state index contributed by atoms with van der Waals surface area (Å²) in [6.07, 6.45) is -10.8. The van der Waals surface area contributed by atoms with E-state index in [-0.39, 0.29) is 11.0 Å². The fourth-order valence-corrected chi connectivity index (χ4v) is 4.99. The molecule has 6 nitrogen and oxygen atoms in total. The average Bonchev–Trinajstić information content (AvgIpc) is 2.86. The van der Waals surface area contributed by atoms with Crippen molar-refractivity contribution in [2.75, 3.05) is 19.5 Å². The summed E-state index contributed by atoms with van der Waals surface area (Å²) in [5, 5.41) is 2.05. The minimum atomic E-state index is -5.10. The van der Waals surface area contributed by atoms with Crippen molar-refractivity contribution in [3.05, 3.63) is 89.5 Å². The van der Waals surface area contributed by atoms with Gasteiger partial charge in [-0.25, -0.2) is 8.42 Å². The van der Waals surface area contributed by atoms with E-state index in [1.54, 1.807) is 6.07 Å². The molecule has 3 rings (SSSR count). The van der Waals surface area contributed by atoms with Crippen LogP contribution in [0.15, 0.2) is 77.7 Å². The molecule has 0 aliphatic heterocycles. The summed E-state index contributed by atoms with van der Waals surface area (Å²) in [6.45, 7) is 0. The Kier molecular flexibility index (Phi) is 8.42. The lowest BCUT2D eigenvalue weighted by atomic mass is 10.0. The van der Waals surface area contributed by atoms with E-state index in [0.29, 0.717) is 23.4 Å². The Morgan fingerprint density at radius 3 is 1.89 bits per heavy atom. The number of halogens is 6. The van der Waals surface area contributed by atoms with Gasteiger partial charge in [-0.1, -0.05) is 30.3 Å². The van der Waals surface area contributed by atoms with Crippen molar-refractivity contribution in [2.45, 2.75) is 29.7 Å². The molecule has 0 fully saturated rings. The van der Waals surface area contributed by atoms with E-state index in [2.05, 4.69) is 5.32 Å². The second kappa shape index (κ2) is 11.0. The number of methoxy groups -OCH3 is 1. The van der Waals surface area contributed by atoms with Crippen molar-refractivity contribution < 1.29 is 44.3 Å². The first-order valence-electron chi connectivity index (χ1n) is 10.9. The van der Waals surface area contributed by atoms with E-state index in [9.17, 15) is 39.6 Å². The molecule has 0 saturated carbocycles. The number of hydrogen-bond donors (Lipinski definition) is 1. The number of ether oxygens (including phenoxy) is 1. The molecule has 0 aliphatic rings. The lowest BCUT2D eigenvalue weighted by Gasteiger charge is -2.28. The summed E-state index contributed by atoms with van der Waals surface area (Å²) in [4.78, 5) is 12.8. The molecule has 0 saturated heterocycles. The Hall–Kier alpha value is -3.58. The van der Waals surface area contributed by atoms with Crippen LogP contribution in [-0.4, -0.2) is 32.8 Å². The lowest BCUT2D eigenvalue weighted by Crippen LogP contribution is -2.34. The van der Waals surface area contributed by atoms with Crippen molar-refractivity contribution in [1.82, 2.24) is 4.31 Å². The standard InChI is InChI=1S/C25H22F6N2O4S/c1-33(38(35,36)21-6-4-3-5-7-21)22(16-8-10-20(37-2)11-9-16)15-23(34)32-19-13-17(24(26,27)28)12-18(14-19)25(29,30)31/h3-14,22H,15H2,1-2H3,(H,32,34)/t22-/m0/s1. The van der Waals surface area contributed by atoms with Gasteiger partial charge in [0.15, 0.2) is 0 Å². The Bertz CT molecular complexity index is 1340. The monoisotopic (exact) mass is 560 g/mol. The molecule has 3 aromatic carbocycles. The first kappa shape index (κ1) is 29.0. The number of carbonyl (C=O) groups excluding carboxylic acids is 1. The molecule has 38 heavy (non-hydrogen) atoms. The fraction of sp³-hybridized carbons (Fsp3) is 0.240. The van der Waals surface area contributed by atoms with E-state index in [1.807, 2.05) is 0 Å². The number of anilines is 1. The minimum absolute atomic E-state index is 0.0595. The Balaban J connectivity index is 1.97. The lowest BCUT2D eigenvalue weighted by molar-refractivity contribution is -0.143. The molecule has 0 aliphatic carbocycles. The van der Waals surface area contributed by atoms with Crippen LogP contribution in [0, 0.1) is 0 Å². The highest BCUT2D eigenvalue weighted by Gasteiger charge is 2.37. The molecule has 13 heteroatoms. The number of nitrogens with one attached hydrogen (secondary N) is 1. The minimum Gasteiger partial charge on any atom is -0.497 e. The molecule has 1 N–H and O–H groups in total. The number of hydrogen-bond acceptors (Lipinski definition) is 4. The summed E-state index contributed by atoms with van der Waals surface area (Å²) in [5.41, 5.74) is -3.60. The number of sulfonamides is 1. The highest BCUT2D eigenvalue weighted by Crippen LogP contribution is 2.38. The summed E-state index contributed by atoms with van der Waals surface area (Å²) in [5.74, 6) is -0.567. The molecule has 0 radical (unpaired) electrons. The van der Waals surface area contributed by atoms with E-state index in [1.165, 1.54) is 62.7 Å². The van der Waals surface area contributed by atoms with Gasteiger partial charge in [-0.05, 0) is 48.0 Å². The van der Waals surface area contributed by atoms with Crippen molar-refractivity contribution in [2.24, 2.45) is 0 Å². The van der Waals surface area contributed by atoms with Crippen LogP contribution in [0.5, 0.6) is 5.75 Å². The maximum atomic E-state index is 13.2. The molecule has 0 spiro atoms. The van der Waals surface area contributed by atoms with Crippen LogP contribution in [0.25, 0.3) is 0 Å². The highest BCUT2D eigenvalue weighted by atomic mass is 32.2. The van der Waals surface area contributed by atoms with Gasteiger partial charge in [0.05, 0.1) is 29.2 Å². The third-order valence-electron chi connectivity index (χ3n) is 5.61. The van der Waals surface area contributed by atoms with Crippen LogP contribution in [0.2, 0.25) is 0 Å². The summed E-state index contributed by atoms with van der Waals surface area (Å²) < 4.78 is 112. The average molecular weight is 561 g/mol. The number of amides is 1. The normalized spacial score (nSPS) is 13.3. The topological polar surface area (TPSA) is 75.7 Å². The van der Waals surface area contributed by atoms with Gasteiger partial charge in [0, 0.05) is 19.2 Å². The van der Waals surface area contributed by atoms with Crippen molar-refractivity contribution >= 4 is 21.6 Å². The van der Waals surface area contributed by atoms with Gasteiger partial charge in [0.25, 0.3) is 0 Å². The second-order valence-electron chi connectivity index (χ2n) is 8.17. The van der Waals surface area contributed by atoms with Gasteiger partial charge in [-0.2, -0.15) is 30.6 Å². The number of rotatable bonds is 8. The molecule has 204 valence electrons. The third kappa shape index (κ3) is 6.84. The summed E-state index contributed by atoms with van der Waals surface area (Å²) in [7, 11) is -1.52. The predicted octanol–water partition coefficient (Wildman–Crippen LogP) is 6.12. The van der Waals surface area contributed by atoms with Crippen LogP contribution < -0.4 is 10.1 Å². The predicted molar refractivity (Wildman–Crippen MR) is 127 cm³/mol. The molecule has 3 aromatic rings. The number of benzene rings is 3. The molecule has 0 heterocycles. The first-order chi connectivity index (χ1) is 17.6. The SMILES string of the molecule is COc1ccc([C@H](CC(=O)Nc2cc(C(F)(F)F)cc(C(F)(F)F)c2)N(C)S(=O)(=O)c2ccccc2)cc1. The Labute approximate surface area is 214 Å². The van der Waals surface area contributed by atoms with Gasteiger partial charge < -0.3 is 10.1 Å². The van der Waals surface area contributed by atoms with Crippen LogP contribution in [0.3, 0.4) is 0 Å². The number of alkyl halides is 6. The van der Waals surface area contributed by atoms with E-state index in [4.69, 9.17) is 4.74 Å². The summed E-state index contributed by atoms with van der Waals surface area (Å²) in [6, 6.07) is 12.9. The number of carbonyl (C=O) groups is 1. The zero-order valence-electron chi connectivity index (χ0n) is 20.0.